The Labute approximate surface area is 171 Å². The Kier molecular flexibility index (Phi) is 4.17. The highest BCUT2D eigenvalue weighted by Gasteiger charge is 2.58. The smallest absolute Gasteiger partial charge is 0.231 e. The molecule has 5 nitrogen and oxygen atoms in total. The monoisotopic (exact) mass is 446 g/mol. The molecule has 2 aliphatic heterocycles. The normalized spacial score (nSPS) is 31.2. The Morgan fingerprint density at radius 1 is 1.19 bits per heavy atom. The van der Waals surface area contributed by atoms with Gasteiger partial charge in [0.25, 0.3) is 0 Å². The number of hydrogen-bond donors (Lipinski definition) is 1. The number of nitrogens with zero attached hydrogens (tertiary/aromatic N) is 3. The molecule has 140 valence electrons. The molecule has 2 saturated carbocycles. The highest BCUT2D eigenvalue weighted by Crippen LogP contribution is 2.57. The maximum absolute atomic E-state index is 13.3. The van der Waals surface area contributed by atoms with Crippen molar-refractivity contribution in [2.75, 3.05) is 10.2 Å². The third kappa shape index (κ3) is 2.93. The molecule has 2 aliphatic carbocycles. The van der Waals surface area contributed by atoms with Gasteiger partial charge in [-0.25, -0.2) is 9.97 Å². The molecule has 2 unspecified atom stereocenters. The lowest BCUT2D eigenvalue weighted by Crippen LogP contribution is -2.64. The Bertz CT molecular complexity index is 874. The maximum atomic E-state index is 13.3. The minimum atomic E-state index is -0.316. The summed E-state index contributed by atoms with van der Waals surface area (Å²) < 4.78 is 0.986. The van der Waals surface area contributed by atoms with Crippen LogP contribution in [0.5, 0.6) is 0 Å². The summed E-state index contributed by atoms with van der Waals surface area (Å²) in [6.07, 6.45) is 8.51. The van der Waals surface area contributed by atoms with Crippen molar-refractivity contribution in [1.29, 1.82) is 0 Å². The lowest BCUT2D eigenvalue weighted by Gasteiger charge is -2.61. The van der Waals surface area contributed by atoms with Crippen LogP contribution in [0.25, 0.3) is 0 Å². The van der Waals surface area contributed by atoms with Crippen molar-refractivity contribution in [2.45, 2.75) is 44.2 Å². The van der Waals surface area contributed by atoms with Gasteiger partial charge in [-0.2, -0.15) is 0 Å². The Morgan fingerprint density at radius 3 is 2.63 bits per heavy atom. The molecule has 0 spiro atoms. The number of piperidine rings is 2. The first kappa shape index (κ1) is 17.4. The highest BCUT2D eigenvalue weighted by molar-refractivity contribution is 9.10. The molecule has 27 heavy (non-hydrogen) atoms. The van der Waals surface area contributed by atoms with E-state index in [1.165, 1.54) is 0 Å². The van der Waals surface area contributed by atoms with E-state index in [9.17, 15) is 4.79 Å². The van der Waals surface area contributed by atoms with Gasteiger partial charge in [-0.3, -0.25) is 4.79 Å². The molecule has 2 aromatic heterocycles. The van der Waals surface area contributed by atoms with E-state index in [0.717, 1.165) is 42.4 Å². The molecular formula is C20H20BrClN4O. The molecule has 4 fully saturated rings. The summed E-state index contributed by atoms with van der Waals surface area (Å²) in [5.74, 6) is 2.17. The second-order valence-corrected chi connectivity index (χ2v) is 9.39. The molecular weight excluding hydrogens is 428 g/mol. The minimum absolute atomic E-state index is 0.0749. The zero-order valence-corrected chi connectivity index (χ0v) is 17.1. The van der Waals surface area contributed by atoms with Crippen LogP contribution in [0.4, 0.5) is 11.6 Å². The lowest BCUT2D eigenvalue weighted by atomic mass is 9.55. The summed E-state index contributed by atoms with van der Waals surface area (Å²) in [5, 5.41) is 3.49. The van der Waals surface area contributed by atoms with Crippen LogP contribution in [-0.4, -0.2) is 28.0 Å². The first-order valence-electron chi connectivity index (χ1n) is 9.36. The van der Waals surface area contributed by atoms with E-state index in [-0.39, 0.29) is 11.3 Å². The van der Waals surface area contributed by atoms with E-state index in [2.05, 4.69) is 42.2 Å². The van der Waals surface area contributed by atoms with Crippen molar-refractivity contribution >= 4 is 45.1 Å². The predicted octanol–water partition coefficient (Wildman–Crippen LogP) is 4.67. The fraction of sp³-hybridized carbons (Fsp3) is 0.450. The van der Waals surface area contributed by atoms with Gasteiger partial charge in [-0.1, -0.05) is 11.6 Å². The fourth-order valence-corrected chi connectivity index (χ4v) is 5.92. The molecule has 0 radical (unpaired) electrons. The molecule has 2 saturated heterocycles. The largest absolute Gasteiger partial charge is 0.351 e. The summed E-state index contributed by atoms with van der Waals surface area (Å²) >= 11 is 9.66. The third-order valence-corrected chi connectivity index (χ3v) is 7.15. The molecule has 1 amide bonds. The summed E-state index contributed by atoms with van der Waals surface area (Å²) in [6.45, 7) is 0. The van der Waals surface area contributed by atoms with Gasteiger partial charge in [0.05, 0.1) is 10.4 Å². The van der Waals surface area contributed by atoms with Gasteiger partial charge >= 0.3 is 0 Å². The van der Waals surface area contributed by atoms with E-state index in [0.29, 0.717) is 28.8 Å². The average molecular weight is 448 g/mol. The highest BCUT2D eigenvalue weighted by atomic mass is 79.9. The first-order valence-corrected chi connectivity index (χ1v) is 10.5. The number of anilines is 2. The van der Waals surface area contributed by atoms with Crippen molar-refractivity contribution in [3.8, 4) is 0 Å². The van der Waals surface area contributed by atoms with Gasteiger partial charge in [-0.05, 0) is 78.2 Å². The maximum Gasteiger partial charge on any atom is 0.231 e. The van der Waals surface area contributed by atoms with E-state index >= 15 is 0 Å². The fourth-order valence-electron chi connectivity index (χ4n) is 5.52. The van der Waals surface area contributed by atoms with Crippen LogP contribution in [0.1, 0.15) is 32.1 Å². The molecule has 6 rings (SSSR count). The minimum Gasteiger partial charge on any atom is -0.351 e. The number of pyridine rings is 2. The van der Waals surface area contributed by atoms with Crippen molar-refractivity contribution in [3.05, 3.63) is 46.2 Å². The number of halogens is 2. The van der Waals surface area contributed by atoms with Gasteiger partial charge < -0.3 is 10.2 Å². The zero-order valence-electron chi connectivity index (χ0n) is 14.7. The SMILES string of the molecule is O=C(Nc1ncccc1Cl)C12CC3CC(C1)N(c1ccc(Br)cn1)C(C3)C2. The molecule has 7 heteroatoms. The topological polar surface area (TPSA) is 58.1 Å². The molecule has 0 aromatic carbocycles. The summed E-state index contributed by atoms with van der Waals surface area (Å²) in [7, 11) is 0. The molecule has 4 bridgehead atoms. The Morgan fingerprint density at radius 2 is 1.96 bits per heavy atom. The number of nitrogens with one attached hydrogen (secondary N) is 1. The van der Waals surface area contributed by atoms with Crippen LogP contribution in [0.15, 0.2) is 41.1 Å². The van der Waals surface area contributed by atoms with E-state index in [1.54, 1.807) is 18.3 Å². The number of carbonyl (C=O) groups is 1. The molecule has 2 atom stereocenters. The van der Waals surface area contributed by atoms with Crippen LogP contribution in [0, 0.1) is 11.3 Å². The number of aromatic nitrogens is 2. The number of rotatable bonds is 3. The quantitative estimate of drug-likeness (QED) is 0.743. The van der Waals surface area contributed by atoms with Crippen LogP contribution in [-0.2, 0) is 4.79 Å². The number of hydrogen-bond acceptors (Lipinski definition) is 4. The molecule has 1 N–H and O–H groups in total. The van der Waals surface area contributed by atoms with Gasteiger partial charge in [0.1, 0.15) is 5.82 Å². The van der Waals surface area contributed by atoms with Crippen molar-refractivity contribution in [2.24, 2.45) is 11.3 Å². The van der Waals surface area contributed by atoms with Crippen molar-refractivity contribution in [1.82, 2.24) is 9.97 Å². The number of amides is 1. The summed E-state index contributed by atoms with van der Waals surface area (Å²) in [5.41, 5.74) is -0.316. The number of carbonyl (C=O) groups excluding carboxylic acids is 1. The van der Waals surface area contributed by atoms with Gasteiger partial charge in [0.15, 0.2) is 5.82 Å². The van der Waals surface area contributed by atoms with Crippen molar-refractivity contribution < 1.29 is 4.79 Å². The molecule has 2 aromatic rings. The van der Waals surface area contributed by atoms with Gasteiger partial charge in [0.2, 0.25) is 5.91 Å². The third-order valence-electron chi connectivity index (χ3n) is 6.38. The Hall–Kier alpha value is -1.66. The van der Waals surface area contributed by atoms with Crippen LogP contribution < -0.4 is 10.2 Å². The van der Waals surface area contributed by atoms with E-state index in [1.807, 2.05) is 12.3 Å². The second kappa shape index (κ2) is 6.45. The van der Waals surface area contributed by atoms with E-state index in [4.69, 9.17) is 11.6 Å². The standard InChI is InChI=1S/C20H20BrClN4O/c21-13-3-4-17(24-11-13)26-14-6-12-7-15(26)10-20(8-12,9-14)19(27)25-18-16(22)2-1-5-23-18/h1-5,11-12,14-15H,6-10H2,(H,23,25,27). The van der Waals surface area contributed by atoms with Crippen LogP contribution in [0.2, 0.25) is 5.02 Å². The Balaban J connectivity index is 1.41. The second-order valence-electron chi connectivity index (χ2n) is 8.07. The predicted molar refractivity (Wildman–Crippen MR) is 109 cm³/mol. The van der Waals surface area contributed by atoms with Gasteiger partial charge in [0, 0.05) is 29.0 Å². The van der Waals surface area contributed by atoms with Gasteiger partial charge in [-0.15, -0.1) is 0 Å². The zero-order chi connectivity index (χ0) is 18.6. The van der Waals surface area contributed by atoms with Crippen LogP contribution in [0.3, 0.4) is 0 Å². The van der Waals surface area contributed by atoms with Crippen molar-refractivity contribution in [3.63, 3.8) is 0 Å². The lowest BCUT2D eigenvalue weighted by molar-refractivity contribution is -0.134. The first-order chi connectivity index (χ1) is 13.0. The van der Waals surface area contributed by atoms with E-state index < -0.39 is 0 Å². The molecule has 4 aliphatic rings. The average Bonchev–Trinajstić information content (AvgIpc) is 2.64. The summed E-state index contributed by atoms with van der Waals surface area (Å²) in [6, 6.07) is 8.38. The summed E-state index contributed by atoms with van der Waals surface area (Å²) in [4.78, 5) is 24.6. The molecule has 4 heterocycles. The van der Waals surface area contributed by atoms with Crippen LogP contribution >= 0.6 is 27.5 Å².